The summed E-state index contributed by atoms with van der Waals surface area (Å²) in [7, 11) is 1.66. The van der Waals surface area contributed by atoms with E-state index in [1.165, 1.54) is 5.56 Å². The first kappa shape index (κ1) is 16.2. The molecule has 0 aliphatic heterocycles. The fraction of sp³-hybridized carbons (Fsp3) is 0.316. The molecular formula is C19H23NO2. The van der Waals surface area contributed by atoms with Crippen molar-refractivity contribution in [3.8, 4) is 0 Å². The van der Waals surface area contributed by atoms with E-state index >= 15 is 0 Å². The summed E-state index contributed by atoms with van der Waals surface area (Å²) in [6, 6.07) is 20.2. The van der Waals surface area contributed by atoms with Crippen LogP contribution in [0.1, 0.15) is 17.5 Å². The van der Waals surface area contributed by atoms with Gasteiger partial charge in [0.1, 0.15) is 0 Å². The first-order valence-electron chi connectivity index (χ1n) is 7.64. The zero-order chi connectivity index (χ0) is 15.6. The number of carbonyl (C=O) groups is 1. The van der Waals surface area contributed by atoms with Crippen LogP contribution in [0.2, 0.25) is 0 Å². The fourth-order valence-corrected chi connectivity index (χ4v) is 2.35. The van der Waals surface area contributed by atoms with Crippen molar-refractivity contribution >= 4 is 5.91 Å². The largest absolute Gasteiger partial charge is 0.383 e. The van der Waals surface area contributed by atoms with E-state index in [9.17, 15) is 4.79 Å². The molecule has 116 valence electrons. The van der Waals surface area contributed by atoms with Gasteiger partial charge in [-0.3, -0.25) is 4.79 Å². The van der Waals surface area contributed by atoms with Gasteiger partial charge in [-0.05, 0) is 17.5 Å². The predicted molar refractivity (Wildman–Crippen MR) is 88.5 cm³/mol. The van der Waals surface area contributed by atoms with Gasteiger partial charge in [-0.1, -0.05) is 60.7 Å². The number of methoxy groups -OCH3 is 1. The zero-order valence-corrected chi connectivity index (χ0v) is 13.1. The molecule has 0 spiro atoms. The van der Waals surface area contributed by atoms with Crippen LogP contribution in [0.15, 0.2) is 60.7 Å². The van der Waals surface area contributed by atoms with Crippen LogP contribution in [-0.2, 0) is 22.5 Å². The molecule has 0 fully saturated rings. The highest BCUT2D eigenvalue weighted by Crippen LogP contribution is 2.09. The van der Waals surface area contributed by atoms with Crippen LogP contribution in [-0.4, -0.2) is 31.1 Å². The van der Waals surface area contributed by atoms with Gasteiger partial charge in [-0.25, -0.2) is 0 Å². The van der Waals surface area contributed by atoms with Crippen molar-refractivity contribution in [1.82, 2.24) is 4.90 Å². The maximum atomic E-state index is 12.5. The van der Waals surface area contributed by atoms with Crippen molar-refractivity contribution < 1.29 is 9.53 Å². The molecule has 3 nitrogen and oxygen atoms in total. The van der Waals surface area contributed by atoms with E-state index in [4.69, 9.17) is 4.74 Å². The number of ether oxygens (including phenoxy) is 1. The number of amides is 1. The molecule has 0 aliphatic carbocycles. The molecule has 0 aromatic heterocycles. The van der Waals surface area contributed by atoms with E-state index in [-0.39, 0.29) is 5.91 Å². The number of hydrogen-bond donors (Lipinski definition) is 0. The lowest BCUT2D eigenvalue weighted by atomic mass is 10.1. The Hall–Kier alpha value is -2.13. The molecule has 0 radical (unpaired) electrons. The van der Waals surface area contributed by atoms with Crippen molar-refractivity contribution in [1.29, 1.82) is 0 Å². The van der Waals surface area contributed by atoms with Crippen molar-refractivity contribution in [2.75, 3.05) is 20.3 Å². The second kappa shape index (κ2) is 9.00. The highest BCUT2D eigenvalue weighted by molar-refractivity contribution is 5.76. The Labute approximate surface area is 132 Å². The summed E-state index contributed by atoms with van der Waals surface area (Å²) in [6.07, 6.45) is 1.30. The molecule has 0 aliphatic rings. The second-order valence-electron chi connectivity index (χ2n) is 5.28. The summed E-state index contributed by atoms with van der Waals surface area (Å²) in [5, 5.41) is 0. The topological polar surface area (TPSA) is 29.5 Å². The van der Waals surface area contributed by atoms with Crippen LogP contribution < -0.4 is 0 Å². The molecule has 0 unspecified atom stereocenters. The highest BCUT2D eigenvalue weighted by atomic mass is 16.5. The molecule has 2 aromatic rings. The molecular weight excluding hydrogens is 274 g/mol. The average molecular weight is 297 g/mol. The van der Waals surface area contributed by atoms with Crippen LogP contribution in [0.5, 0.6) is 0 Å². The van der Waals surface area contributed by atoms with Crippen LogP contribution in [0.25, 0.3) is 0 Å². The van der Waals surface area contributed by atoms with Crippen LogP contribution in [0.3, 0.4) is 0 Å². The van der Waals surface area contributed by atoms with Gasteiger partial charge in [0.05, 0.1) is 6.61 Å². The van der Waals surface area contributed by atoms with E-state index in [1.54, 1.807) is 7.11 Å². The zero-order valence-electron chi connectivity index (χ0n) is 13.1. The maximum absolute atomic E-state index is 12.5. The number of benzene rings is 2. The molecule has 2 aromatic carbocycles. The molecule has 0 heterocycles. The third kappa shape index (κ3) is 5.34. The Morgan fingerprint density at radius 3 is 2.14 bits per heavy atom. The minimum atomic E-state index is 0.171. The lowest BCUT2D eigenvalue weighted by Gasteiger charge is -2.22. The van der Waals surface area contributed by atoms with E-state index in [2.05, 4.69) is 12.1 Å². The molecule has 0 saturated heterocycles. The van der Waals surface area contributed by atoms with Crippen molar-refractivity contribution in [2.24, 2.45) is 0 Å². The monoisotopic (exact) mass is 297 g/mol. The minimum Gasteiger partial charge on any atom is -0.383 e. The fourth-order valence-electron chi connectivity index (χ4n) is 2.35. The number of hydrogen-bond acceptors (Lipinski definition) is 2. The smallest absolute Gasteiger partial charge is 0.223 e. The van der Waals surface area contributed by atoms with E-state index in [0.717, 1.165) is 12.0 Å². The predicted octanol–water partition coefficient (Wildman–Crippen LogP) is 3.29. The van der Waals surface area contributed by atoms with Crippen molar-refractivity contribution in [3.05, 3.63) is 71.8 Å². The lowest BCUT2D eigenvalue weighted by Crippen LogP contribution is -2.33. The number of aryl methyl sites for hydroxylation is 1. The first-order chi connectivity index (χ1) is 10.8. The summed E-state index contributed by atoms with van der Waals surface area (Å²) in [6.45, 7) is 1.82. The van der Waals surface area contributed by atoms with Crippen LogP contribution in [0, 0.1) is 0 Å². The average Bonchev–Trinajstić information content (AvgIpc) is 2.58. The van der Waals surface area contributed by atoms with Gasteiger partial charge < -0.3 is 9.64 Å². The van der Waals surface area contributed by atoms with E-state index < -0.39 is 0 Å². The Balaban J connectivity index is 1.93. The van der Waals surface area contributed by atoms with E-state index in [1.807, 2.05) is 53.4 Å². The van der Waals surface area contributed by atoms with Gasteiger partial charge in [0.25, 0.3) is 0 Å². The first-order valence-corrected chi connectivity index (χ1v) is 7.64. The molecule has 3 heteroatoms. The normalized spacial score (nSPS) is 10.4. The van der Waals surface area contributed by atoms with Crippen LogP contribution >= 0.6 is 0 Å². The summed E-state index contributed by atoms with van der Waals surface area (Å²) in [5.74, 6) is 0.171. The Morgan fingerprint density at radius 2 is 1.55 bits per heavy atom. The number of carbonyl (C=O) groups excluding carboxylic acids is 1. The second-order valence-corrected chi connectivity index (χ2v) is 5.28. The summed E-state index contributed by atoms with van der Waals surface area (Å²) in [4.78, 5) is 14.4. The molecule has 2 rings (SSSR count). The molecule has 1 amide bonds. The molecule has 0 saturated carbocycles. The van der Waals surface area contributed by atoms with Crippen molar-refractivity contribution in [3.63, 3.8) is 0 Å². The van der Waals surface area contributed by atoms with Gasteiger partial charge in [0, 0.05) is 26.6 Å². The van der Waals surface area contributed by atoms with Gasteiger partial charge in [-0.2, -0.15) is 0 Å². The Kier molecular flexibility index (Phi) is 6.65. The van der Waals surface area contributed by atoms with Gasteiger partial charge >= 0.3 is 0 Å². The minimum absolute atomic E-state index is 0.171. The molecule has 22 heavy (non-hydrogen) atoms. The SMILES string of the molecule is COCCN(Cc1ccccc1)C(=O)CCc1ccccc1. The summed E-state index contributed by atoms with van der Waals surface area (Å²) >= 11 is 0. The molecule has 0 atom stereocenters. The quantitative estimate of drug-likeness (QED) is 0.748. The summed E-state index contributed by atoms with van der Waals surface area (Å²) < 4.78 is 5.13. The third-order valence-corrected chi connectivity index (χ3v) is 3.60. The van der Waals surface area contributed by atoms with Gasteiger partial charge in [0.15, 0.2) is 0 Å². The van der Waals surface area contributed by atoms with Gasteiger partial charge in [0.2, 0.25) is 5.91 Å². The Bertz CT molecular complexity index is 554. The highest BCUT2D eigenvalue weighted by Gasteiger charge is 2.13. The standard InChI is InChI=1S/C19H23NO2/c1-22-15-14-20(16-18-10-6-3-7-11-18)19(21)13-12-17-8-4-2-5-9-17/h2-11H,12-16H2,1H3. The maximum Gasteiger partial charge on any atom is 0.223 e. The number of rotatable bonds is 8. The lowest BCUT2D eigenvalue weighted by molar-refractivity contribution is -0.132. The Morgan fingerprint density at radius 1 is 0.955 bits per heavy atom. The number of nitrogens with zero attached hydrogens (tertiary/aromatic N) is 1. The molecule has 0 N–H and O–H groups in total. The summed E-state index contributed by atoms with van der Waals surface area (Å²) in [5.41, 5.74) is 2.34. The third-order valence-electron chi connectivity index (χ3n) is 3.60. The van der Waals surface area contributed by atoms with Gasteiger partial charge in [-0.15, -0.1) is 0 Å². The molecule has 0 bridgehead atoms. The van der Waals surface area contributed by atoms with Crippen molar-refractivity contribution in [2.45, 2.75) is 19.4 Å². The van der Waals surface area contributed by atoms with Crippen LogP contribution in [0.4, 0.5) is 0 Å². The van der Waals surface area contributed by atoms with E-state index in [0.29, 0.717) is 26.1 Å².